The van der Waals surface area contributed by atoms with Crippen LogP contribution in [0.1, 0.15) is 27.6 Å². The van der Waals surface area contributed by atoms with Gasteiger partial charge in [0.2, 0.25) is 5.91 Å². The van der Waals surface area contributed by atoms with Crippen molar-refractivity contribution in [2.75, 3.05) is 16.2 Å². The molecule has 0 aromatic heterocycles. The molecule has 7 nitrogen and oxygen atoms in total. The molecule has 0 aliphatic rings. The van der Waals surface area contributed by atoms with E-state index in [0.29, 0.717) is 11.4 Å². The largest absolute Gasteiger partial charge is 0.366 e. The molecule has 0 atom stereocenters. The lowest BCUT2D eigenvalue weighted by Gasteiger charge is -2.23. The zero-order valence-corrected chi connectivity index (χ0v) is 18.2. The second kappa shape index (κ2) is 9.20. The normalized spacial score (nSPS) is 11.0. The average molecular weight is 458 g/mol. The second-order valence-electron chi connectivity index (χ2n) is 6.54. The van der Waals surface area contributed by atoms with Crippen LogP contribution in [0.2, 0.25) is 5.02 Å². The van der Waals surface area contributed by atoms with Gasteiger partial charge in [0, 0.05) is 17.8 Å². The fourth-order valence-electron chi connectivity index (χ4n) is 2.99. The minimum absolute atomic E-state index is 0.0669. The maximum absolute atomic E-state index is 13.0. The highest BCUT2D eigenvalue weighted by Gasteiger charge is 2.23. The highest BCUT2D eigenvalue weighted by Crippen LogP contribution is 2.24. The quantitative estimate of drug-likeness (QED) is 0.560. The van der Waals surface area contributed by atoms with Gasteiger partial charge in [-0.1, -0.05) is 29.8 Å². The van der Waals surface area contributed by atoms with Gasteiger partial charge in [-0.05, 0) is 61.5 Å². The van der Waals surface area contributed by atoms with E-state index in [9.17, 15) is 18.0 Å². The summed E-state index contributed by atoms with van der Waals surface area (Å²) in [6.07, 6.45) is 0. The summed E-state index contributed by atoms with van der Waals surface area (Å²) in [6.45, 7) is 2.01. The Balaban J connectivity index is 1.82. The highest BCUT2D eigenvalue weighted by molar-refractivity contribution is 7.92. The van der Waals surface area contributed by atoms with E-state index >= 15 is 0 Å². The first-order valence-corrected chi connectivity index (χ1v) is 11.1. The van der Waals surface area contributed by atoms with Crippen LogP contribution in [0, 0.1) is 0 Å². The molecule has 0 unspecified atom stereocenters. The van der Waals surface area contributed by atoms with Crippen LogP contribution in [0.5, 0.6) is 0 Å². The molecular formula is C22H20ClN3O4S. The summed E-state index contributed by atoms with van der Waals surface area (Å²) in [6, 6.07) is 18.7. The van der Waals surface area contributed by atoms with Crippen LogP contribution in [-0.4, -0.2) is 26.8 Å². The number of nitrogens with one attached hydrogen (secondary N) is 1. The van der Waals surface area contributed by atoms with E-state index in [1.807, 2.05) is 6.07 Å². The van der Waals surface area contributed by atoms with Crippen molar-refractivity contribution in [2.45, 2.75) is 11.8 Å². The van der Waals surface area contributed by atoms with Crippen LogP contribution in [-0.2, 0) is 10.0 Å². The highest BCUT2D eigenvalue weighted by atomic mass is 35.5. The Labute approximate surface area is 185 Å². The van der Waals surface area contributed by atoms with Crippen LogP contribution < -0.4 is 15.4 Å². The van der Waals surface area contributed by atoms with Gasteiger partial charge in [-0.25, -0.2) is 8.42 Å². The number of rotatable bonds is 7. The Kier molecular flexibility index (Phi) is 6.62. The third kappa shape index (κ3) is 4.87. The standard InChI is InChI=1S/C22H20ClN3O4S/c1-2-26(17-6-4-3-5-7-17)31(29,30)18-11-8-15(9-12-18)22(28)25-16-10-13-20(23)19(14-16)21(24)27/h3-14H,2H2,1H3,(H2,24,27)(H,25,28). The van der Waals surface area contributed by atoms with E-state index in [-0.39, 0.29) is 27.6 Å². The lowest BCUT2D eigenvalue weighted by Crippen LogP contribution is -2.30. The summed E-state index contributed by atoms with van der Waals surface area (Å²) < 4.78 is 27.4. The van der Waals surface area contributed by atoms with Crippen molar-refractivity contribution in [3.8, 4) is 0 Å². The Bertz CT molecular complexity index is 1210. The summed E-state index contributed by atoms with van der Waals surface area (Å²) in [5.74, 6) is -1.19. The zero-order valence-electron chi connectivity index (χ0n) is 16.6. The number of halogens is 1. The number of carbonyl (C=O) groups is 2. The minimum atomic E-state index is -3.79. The van der Waals surface area contributed by atoms with Gasteiger partial charge in [-0.15, -0.1) is 0 Å². The van der Waals surface area contributed by atoms with E-state index in [4.69, 9.17) is 17.3 Å². The number of hydrogen-bond donors (Lipinski definition) is 2. The lowest BCUT2D eigenvalue weighted by molar-refractivity contribution is 0.0996. The number of para-hydroxylation sites is 1. The van der Waals surface area contributed by atoms with Crippen molar-refractivity contribution in [1.29, 1.82) is 0 Å². The van der Waals surface area contributed by atoms with Crippen LogP contribution in [0.15, 0.2) is 77.7 Å². The first-order valence-electron chi connectivity index (χ1n) is 9.32. The Hall–Kier alpha value is -3.36. The summed E-state index contributed by atoms with van der Waals surface area (Å²) in [5, 5.41) is 2.81. The molecule has 9 heteroatoms. The molecule has 3 N–H and O–H groups in total. The van der Waals surface area contributed by atoms with Gasteiger partial charge >= 0.3 is 0 Å². The number of benzene rings is 3. The molecule has 0 spiro atoms. The van der Waals surface area contributed by atoms with Gasteiger partial charge in [0.05, 0.1) is 21.2 Å². The van der Waals surface area contributed by atoms with Gasteiger partial charge in [-0.2, -0.15) is 0 Å². The van der Waals surface area contributed by atoms with E-state index in [1.165, 1.54) is 46.8 Å². The molecule has 0 radical (unpaired) electrons. The molecule has 0 bridgehead atoms. The average Bonchev–Trinajstić information content (AvgIpc) is 2.76. The molecule has 3 rings (SSSR count). The van der Waals surface area contributed by atoms with Crippen LogP contribution in [0.25, 0.3) is 0 Å². The smallest absolute Gasteiger partial charge is 0.264 e. The maximum Gasteiger partial charge on any atom is 0.264 e. The molecule has 3 aromatic carbocycles. The first-order chi connectivity index (χ1) is 14.7. The number of carbonyl (C=O) groups excluding carboxylic acids is 2. The maximum atomic E-state index is 13.0. The molecule has 0 aliphatic heterocycles. The number of nitrogens with two attached hydrogens (primary N) is 1. The third-order valence-electron chi connectivity index (χ3n) is 4.53. The fraction of sp³-hybridized carbons (Fsp3) is 0.0909. The van der Waals surface area contributed by atoms with Crippen molar-refractivity contribution in [3.05, 3.63) is 88.9 Å². The Morgan fingerprint density at radius 3 is 2.23 bits per heavy atom. The molecule has 0 aliphatic carbocycles. The first kappa shape index (κ1) is 22.3. The van der Waals surface area contributed by atoms with E-state index in [0.717, 1.165) is 0 Å². The minimum Gasteiger partial charge on any atom is -0.366 e. The van der Waals surface area contributed by atoms with E-state index < -0.39 is 21.8 Å². The summed E-state index contributed by atoms with van der Waals surface area (Å²) in [5.41, 5.74) is 6.49. The molecule has 0 saturated carbocycles. The molecule has 31 heavy (non-hydrogen) atoms. The number of nitrogens with zero attached hydrogens (tertiary/aromatic N) is 1. The number of amides is 2. The molecule has 0 saturated heterocycles. The SMILES string of the molecule is CCN(c1ccccc1)S(=O)(=O)c1ccc(C(=O)Nc2ccc(Cl)c(C(N)=O)c2)cc1. The van der Waals surface area contributed by atoms with Crippen molar-refractivity contribution in [3.63, 3.8) is 0 Å². The number of sulfonamides is 1. The number of primary amides is 1. The van der Waals surface area contributed by atoms with Crippen LogP contribution >= 0.6 is 11.6 Å². The third-order valence-corrected chi connectivity index (χ3v) is 6.77. The lowest BCUT2D eigenvalue weighted by atomic mass is 10.1. The summed E-state index contributed by atoms with van der Waals surface area (Å²) >= 11 is 5.91. The zero-order chi connectivity index (χ0) is 22.6. The number of anilines is 2. The van der Waals surface area contributed by atoms with Gasteiger partial charge < -0.3 is 11.1 Å². The van der Waals surface area contributed by atoms with Gasteiger partial charge in [-0.3, -0.25) is 13.9 Å². The van der Waals surface area contributed by atoms with Crippen LogP contribution in [0.4, 0.5) is 11.4 Å². The fourth-order valence-corrected chi connectivity index (χ4v) is 4.67. The van der Waals surface area contributed by atoms with Crippen molar-refractivity contribution < 1.29 is 18.0 Å². The molecular weight excluding hydrogens is 438 g/mol. The number of hydrogen-bond acceptors (Lipinski definition) is 4. The second-order valence-corrected chi connectivity index (χ2v) is 8.81. The Morgan fingerprint density at radius 1 is 1.00 bits per heavy atom. The molecule has 160 valence electrons. The molecule has 0 fully saturated rings. The van der Waals surface area contributed by atoms with Crippen molar-refractivity contribution >= 4 is 44.8 Å². The van der Waals surface area contributed by atoms with Gasteiger partial charge in [0.15, 0.2) is 0 Å². The van der Waals surface area contributed by atoms with E-state index in [2.05, 4.69) is 5.32 Å². The predicted molar refractivity (Wildman–Crippen MR) is 121 cm³/mol. The molecule has 3 aromatic rings. The predicted octanol–water partition coefficient (Wildman–Crippen LogP) is 3.91. The van der Waals surface area contributed by atoms with Crippen molar-refractivity contribution in [2.24, 2.45) is 5.73 Å². The van der Waals surface area contributed by atoms with Crippen molar-refractivity contribution in [1.82, 2.24) is 0 Å². The van der Waals surface area contributed by atoms with E-state index in [1.54, 1.807) is 31.2 Å². The van der Waals surface area contributed by atoms with Crippen LogP contribution in [0.3, 0.4) is 0 Å². The summed E-state index contributed by atoms with van der Waals surface area (Å²) in [4.78, 5) is 24.0. The monoisotopic (exact) mass is 457 g/mol. The summed E-state index contributed by atoms with van der Waals surface area (Å²) in [7, 11) is -3.79. The Morgan fingerprint density at radius 2 is 1.65 bits per heavy atom. The molecule has 0 heterocycles. The van der Waals surface area contributed by atoms with Gasteiger partial charge in [0.1, 0.15) is 0 Å². The topological polar surface area (TPSA) is 110 Å². The molecule has 2 amide bonds. The van der Waals surface area contributed by atoms with Gasteiger partial charge in [0.25, 0.3) is 15.9 Å².